The lowest BCUT2D eigenvalue weighted by atomic mass is 9.99. The molecule has 7 rings (SSSR count). The van der Waals surface area contributed by atoms with Gasteiger partial charge in [0.15, 0.2) is 0 Å². The van der Waals surface area contributed by atoms with E-state index in [1.165, 1.54) is 22.0 Å². The summed E-state index contributed by atoms with van der Waals surface area (Å²) in [5.74, 6) is 1.30. The highest BCUT2D eigenvalue weighted by molar-refractivity contribution is 5.97. The third-order valence-electron chi connectivity index (χ3n) is 9.94. The monoisotopic (exact) mass is 645 g/mol. The second-order valence-electron chi connectivity index (χ2n) is 13.3. The van der Waals surface area contributed by atoms with E-state index in [2.05, 4.69) is 71.1 Å². The number of ether oxygens (including phenoxy) is 2. The molecular formula is C38H43N7O3. The summed E-state index contributed by atoms with van der Waals surface area (Å²) in [6.45, 7) is 7.99. The Bertz CT molecular complexity index is 1800. The van der Waals surface area contributed by atoms with Crippen molar-refractivity contribution in [2.75, 3.05) is 62.7 Å². The number of hydrogen-bond donors (Lipinski definition) is 0. The summed E-state index contributed by atoms with van der Waals surface area (Å²) >= 11 is 0. The lowest BCUT2D eigenvalue weighted by molar-refractivity contribution is 0.0767. The number of piperazine rings is 1. The Morgan fingerprint density at radius 2 is 1.79 bits per heavy atom. The molecule has 1 amide bonds. The number of anilines is 2. The smallest absolute Gasteiger partial charge is 0.410 e. The molecule has 3 aromatic carbocycles. The summed E-state index contributed by atoms with van der Waals surface area (Å²) in [6, 6.07) is 25.0. The van der Waals surface area contributed by atoms with Crippen molar-refractivity contribution < 1.29 is 14.3 Å². The van der Waals surface area contributed by atoms with Gasteiger partial charge in [0.1, 0.15) is 12.4 Å². The maximum atomic E-state index is 13.2. The summed E-state index contributed by atoms with van der Waals surface area (Å²) in [7, 11) is 2.14. The molecule has 2 saturated heterocycles. The first kappa shape index (κ1) is 31.7. The zero-order valence-corrected chi connectivity index (χ0v) is 27.8. The summed E-state index contributed by atoms with van der Waals surface area (Å²) in [4.78, 5) is 32.0. The van der Waals surface area contributed by atoms with Crippen molar-refractivity contribution in [3.63, 3.8) is 0 Å². The molecule has 10 heteroatoms. The van der Waals surface area contributed by atoms with Crippen molar-refractivity contribution in [1.29, 1.82) is 5.26 Å². The van der Waals surface area contributed by atoms with Gasteiger partial charge in [0, 0.05) is 55.3 Å². The number of hydrogen-bond acceptors (Lipinski definition) is 9. The van der Waals surface area contributed by atoms with Crippen LogP contribution in [-0.2, 0) is 24.3 Å². The first-order valence-corrected chi connectivity index (χ1v) is 17.0. The molecule has 248 valence electrons. The highest BCUT2D eigenvalue weighted by Gasteiger charge is 2.35. The Labute approximate surface area is 282 Å². The number of amides is 1. The van der Waals surface area contributed by atoms with Crippen LogP contribution in [-0.4, -0.2) is 84.8 Å². The van der Waals surface area contributed by atoms with Crippen molar-refractivity contribution in [2.45, 2.75) is 45.4 Å². The summed E-state index contributed by atoms with van der Waals surface area (Å²) in [5, 5.41) is 12.2. The van der Waals surface area contributed by atoms with Crippen molar-refractivity contribution >= 4 is 28.4 Å². The number of fused-ring (bicyclic) bond motifs is 2. The number of aromatic nitrogens is 2. The van der Waals surface area contributed by atoms with E-state index in [0.717, 1.165) is 55.1 Å². The van der Waals surface area contributed by atoms with E-state index in [1.807, 2.05) is 30.3 Å². The lowest BCUT2D eigenvalue weighted by Gasteiger charge is -2.42. The highest BCUT2D eigenvalue weighted by atomic mass is 16.6. The fraction of sp³-hybridized carbons (Fsp3) is 0.421. The van der Waals surface area contributed by atoms with E-state index in [9.17, 15) is 10.1 Å². The van der Waals surface area contributed by atoms with Crippen molar-refractivity contribution in [1.82, 2.24) is 19.8 Å². The number of rotatable bonds is 8. The lowest BCUT2D eigenvalue weighted by Crippen LogP contribution is -2.55. The first-order valence-electron chi connectivity index (χ1n) is 17.0. The molecule has 0 spiro atoms. The molecule has 0 bridgehead atoms. The molecule has 3 aliphatic rings. The number of nitrogens with zero attached hydrogens (tertiary/aromatic N) is 7. The average molecular weight is 646 g/mol. The number of likely N-dealkylation sites (tertiary alicyclic amines) is 1. The topological polar surface area (TPSA) is 98.1 Å². The molecular weight excluding hydrogens is 602 g/mol. The molecule has 0 aliphatic carbocycles. The van der Waals surface area contributed by atoms with E-state index in [-0.39, 0.29) is 19.1 Å². The molecule has 4 aromatic rings. The number of benzene rings is 3. The molecule has 0 radical (unpaired) electrons. The third-order valence-corrected chi connectivity index (χ3v) is 9.94. The zero-order valence-electron chi connectivity index (χ0n) is 27.8. The van der Waals surface area contributed by atoms with Crippen LogP contribution in [0.4, 0.5) is 16.3 Å². The van der Waals surface area contributed by atoms with E-state index in [0.29, 0.717) is 44.7 Å². The van der Waals surface area contributed by atoms with E-state index < -0.39 is 6.09 Å². The summed E-state index contributed by atoms with van der Waals surface area (Å²) in [6.07, 6.45) is 1.69. The molecule has 4 heterocycles. The molecule has 0 unspecified atom stereocenters. The van der Waals surface area contributed by atoms with Gasteiger partial charge in [0.05, 0.1) is 37.4 Å². The van der Waals surface area contributed by atoms with Gasteiger partial charge in [-0.25, -0.2) is 4.79 Å². The zero-order chi connectivity index (χ0) is 33.0. The summed E-state index contributed by atoms with van der Waals surface area (Å²) in [5.41, 5.74) is 5.48. The Balaban J connectivity index is 1.15. The van der Waals surface area contributed by atoms with Crippen LogP contribution in [0.5, 0.6) is 6.01 Å². The van der Waals surface area contributed by atoms with Gasteiger partial charge in [-0.2, -0.15) is 15.2 Å². The third kappa shape index (κ3) is 6.74. The molecule has 0 N–H and O–H groups in total. The van der Waals surface area contributed by atoms with Gasteiger partial charge in [-0.3, -0.25) is 0 Å². The summed E-state index contributed by atoms with van der Waals surface area (Å²) < 4.78 is 12.0. The van der Waals surface area contributed by atoms with Crippen molar-refractivity contribution in [2.24, 2.45) is 5.92 Å². The average Bonchev–Trinajstić information content (AvgIpc) is 3.54. The maximum absolute atomic E-state index is 13.2. The Morgan fingerprint density at radius 3 is 2.58 bits per heavy atom. The van der Waals surface area contributed by atoms with Crippen LogP contribution in [0.3, 0.4) is 0 Å². The Morgan fingerprint density at radius 1 is 0.958 bits per heavy atom. The minimum absolute atomic E-state index is 0.197. The number of aryl methyl sites for hydroxylation is 1. The minimum Gasteiger partial charge on any atom is -0.463 e. The molecule has 2 fully saturated rings. The molecule has 10 nitrogen and oxygen atoms in total. The van der Waals surface area contributed by atoms with E-state index >= 15 is 0 Å². The van der Waals surface area contributed by atoms with Crippen LogP contribution in [0.15, 0.2) is 66.7 Å². The molecule has 2 atom stereocenters. The van der Waals surface area contributed by atoms with Crippen LogP contribution in [0, 0.1) is 24.2 Å². The van der Waals surface area contributed by atoms with Crippen LogP contribution in [0.25, 0.3) is 10.8 Å². The second kappa shape index (κ2) is 14.1. The standard InChI is InChI=1S/C38H43N7O3/c1-27-8-6-11-30-12-7-13-34(35(27)30)43-19-16-32-33(24-43)40-37(47-26-29-15-18-42(2)22-29)41-36(32)44-20-21-45(31(23-44)14-17-39)38(46)48-25-28-9-4-3-5-10-28/h3-13,29,31H,14-16,18-26H2,1-2H3/t29-,31+/m1/s1. The van der Waals surface area contributed by atoms with E-state index in [4.69, 9.17) is 19.4 Å². The predicted molar refractivity (Wildman–Crippen MR) is 186 cm³/mol. The Hall–Kier alpha value is -4.88. The SMILES string of the molecule is Cc1cccc2cccc(N3CCc4c(nc(OC[C@@H]5CCN(C)C5)nc4N4CCN(C(=O)OCc5ccccc5)[C@@H](CC#N)C4)C3)c12. The van der Waals surface area contributed by atoms with E-state index in [1.54, 1.807) is 4.90 Å². The molecule has 48 heavy (non-hydrogen) atoms. The largest absolute Gasteiger partial charge is 0.463 e. The second-order valence-corrected chi connectivity index (χ2v) is 13.3. The highest BCUT2D eigenvalue weighted by Crippen LogP contribution is 2.36. The Kier molecular flexibility index (Phi) is 9.30. The van der Waals surface area contributed by atoms with Gasteiger partial charge in [0.2, 0.25) is 0 Å². The van der Waals surface area contributed by atoms with Crippen LogP contribution in [0.1, 0.15) is 35.2 Å². The normalized spacial score (nSPS) is 19.6. The van der Waals surface area contributed by atoms with Crippen LogP contribution in [0.2, 0.25) is 0 Å². The van der Waals surface area contributed by atoms with Crippen molar-refractivity contribution in [3.05, 3.63) is 89.1 Å². The van der Waals surface area contributed by atoms with Gasteiger partial charge >= 0.3 is 12.1 Å². The molecule has 1 aromatic heterocycles. The first-order chi connectivity index (χ1) is 23.5. The number of nitriles is 1. The predicted octanol–water partition coefficient (Wildman–Crippen LogP) is 5.57. The fourth-order valence-electron chi connectivity index (χ4n) is 7.41. The quantitative estimate of drug-likeness (QED) is 0.244. The minimum atomic E-state index is -0.393. The van der Waals surface area contributed by atoms with Crippen LogP contribution >= 0.6 is 0 Å². The molecule has 3 aliphatic heterocycles. The number of carbonyl (C=O) groups excluding carboxylic acids is 1. The fourth-order valence-corrected chi connectivity index (χ4v) is 7.41. The molecule has 0 saturated carbocycles. The van der Waals surface area contributed by atoms with Gasteiger partial charge in [-0.1, -0.05) is 60.7 Å². The van der Waals surface area contributed by atoms with Gasteiger partial charge < -0.3 is 29.1 Å². The van der Waals surface area contributed by atoms with Gasteiger partial charge in [-0.05, 0) is 55.9 Å². The van der Waals surface area contributed by atoms with Gasteiger partial charge in [-0.15, -0.1) is 0 Å². The van der Waals surface area contributed by atoms with Gasteiger partial charge in [0.25, 0.3) is 0 Å². The van der Waals surface area contributed by atoms with Crippen molar-refractivity contribution in [3.8, 4) is 12.1 Å². The van der Waals surface area contributed by atoms with Crippen LogP contribution < -0.4 is 14.5 Å². The number of carbonyl (C=O) groups is 1. The maximum Gasteiger partial charge on any atom is 0.410 e.